The summed E-state index contributed by atoms with van der Waals surface area (Å²) in [4.78, 5) is 25.6. The van der Waals surface area contributed by atoms with Gasteiger partial charge in [0.05, 0.1) is 24.4 Å². The smallest absolute Gasteiger partial charge is 0.273 e. The Kier molecular flexibility index (Phi) is 5.46. The third-order valence-corrected chi connectivity index (χ3v) is 5.44. The summed E-state index contributed by atoms with van der Waals surface area (Å²) in [5.41, 5.74) is 1.73. The van der Waals surface area contributed by atoms with Crippen LogP contribution in [0.4, 0.5) is 0 Å². The fraction of sp³-hybridized carbons (Fsp3) is 0.632. The van der Waals surface area contributed by atoms with Gasteiger partial charge in [0.15, 0.2) is 0 Å². The maximum atomic E-state index is 12.8. The molecule has 1 aliphatic heterocycles. The number of piperidine rings is 1. The summed E-state index contributed by atoms with van der Waals surface area (Å²) in [6, 6.07) is 0.579. The van der Waals surface area contributed by atoms with Crippen molar-refractivity contribution in [2.24, 2.45) is 13.0 Å². The first-order valence-corrected chi connectivity index (χ1v) is 9.34. The summed E-state index contributed by atoms with van der Waals surface area (Å²) in [6.45, 7) is 5.95. The maximum Gasteiger partial charge on any atom is 0.273 e. The van der Waals surface area contributed by atoms with Gasteiger partial charge in [-0.2, -0.15) is 0 Å². The largest absolute Gasteiger partial charge is 0.340 e. The minimum atomic E-state index is -0.0126. The van der Waals surface area contributed by atoms with E-state index < -0.39 is 0 Å². The van der Waals surface area contributed by atoms with Gasteiger partial charge < -0.3 is 14.0 Å². The second-order valence-electron chi connectivity index (χ2n) is 7.74. The molecule has 0 aromatic carbocycles. The van der Waals surface area contributed by atoms with Crippen LogP contribution in [0.1, 0.15) is 55.0 Å². The van der Waals surface area contributed by atoms with Crippen molar-refractivity contribution in [2.75, 3.05) is 27.2 Å². The molecule has 3 heterocycles. The first-order valence-electron chi connectivity index (χ1n) is 9.34. The Hall–Kier alpha value is -2.15. The highest BCUT2D eigenvalue weighted by molar-refractivity contribution is 5.91. The maximum absolute atomic E-state index is 12.8. The van der Waals surface area contributed by atoms with Crippen LogP contribution in [0, 0.1) is 5.92 Å². The van der Waals surface area contributed by atoms with Crippen molar-refractivity contribution in [3.8, 4) is 0 Å². The molecule has 2 aromatic rings. The Morgan fingerprint density at radius 2 is 2.12 bits per heavy atom. The summed E-state index contributed by atoms with van der Waals surface area (Å²) in [5.74, 6) is 0.367. The van der Waals surface area contributed by atoms with E-state index in [9.17, 15) is 4.79 Å². The van der Waals surface area contributed by atoms with Gasteiger partial charge in [0.25, 0.3) is 5.91 Å². The molecular weight excluding hydrogens is 328 g/mol. The molecule has 142 valence electrons. The lowest BCUT2D eigenvalue weighted by Crippen LogP contribution is -2.43. The minimum absolute atomic E-state index is 0.0126. The number of rotatable bonds is 5. The van der Waals surface area contributed by atoms with E-state index in [1.165, 1.54) is 5.69 Å². The fourth-order valence-electron chi connectivity index (χ4n) is 3.93. The highest BCUT2D eigenvalue weighted by Gasteiger charge is 2.34. The molecule has 0 spiro atoms. The van der Waals surface area contributed by atoms with Crippen LogP contribution >= 0.6 is 0 Å². The monoisotopic (exact) mass is 358 g/mol. The predicted molar refractivity (Wildman–Crippen MR) is 101 cm³/mol. The average Bonchev–Trinajstić information content (AvgIpc) is 3.24. The first-order chi connectivity index (χ1) is 12.4. The third-order valence-electron chi connectivity index (χ3n) is 5.44. The molecule has 0 saturated carbocycles. The highest BCUT2D eigenvalue weighted by atomic mass is 16.2. The number of carbonyl (C=O) groups excluding carboxylic acids is 1. The molecule has 1 aliphatic rings. The van der Waals surface area contributed by atoms with Crippen LogP contribution in [-0.2, 0) is 7.05 Å². The van der Waals surface area contributed by atoms with E-state index >= 15 is 0 Å². The van der Waals surface area contributed by atoms with Gasteiger partial charge in [0.2, 0.25) is 0 Å². The van der Waals surface area contributed by atoms with Gasteiger partial charge in [0, 0.05) is 39.1 Å². The van der Waals surface area contributed by atoms with Crippen LogP contribution in [0.25, 0.3) is 0 Å². The van der Waals surface area contributed by atoms with Crippen LogP contribution < -0.4 is 0 Å². The Bertz CT molecular complexity index is 749. The molecular formula is C19H30N6O. The molecule has 0 bridgehead atoms. The Labute approximate surface area is 155 Å². The van der Waals surface area contributed by atoms with E-state index in [0.717, 1.165) is 19.4 Å². The number of hydrogen-bond acceptors (Lipinski definition) is 4. The van der Waals surface area contributed by atoms with Crippen molar-refractivity contribution in [2.45, 2.75) is 38.8 Å². The molecule has 26 heavy (non-hydrogen) atoms. The molecule has 2 atom stereocenters. The molecule has 0 unspecified atom stereocenters. The van der Waals surface area contributed by atoms with Crippen LogP contribution in [0.15, 0.2) is 25.0 Å². The standard InChI is InChI=1S/C19H30N6O/c1-14(2)25-11-16(21-13-25)19(26)23(4)10-15-7-6-8-22(3)18(15)17-9-20-12-24(17)5/h9,11-15,18H,6-8,10H2,1-5H3/t15-,18+/m0/s1. The summed E-state index contributed by atoms with van der Waals surface area (Å²) >= 11 is 0. The lowest BCUT2D eigenvalue weighted by atomic mass is 9.87. The van der Waals surface area contributed by atoms with Crippen molar-refractivity contribution >= 4 is 5.91 Å². The van der Waals surface area contributed by atoms with E-state index in [1.54, 1.807) is 6.33 Å². The number of nitrogens with zero attached hydrogens (tertiary/aromatic N) is 6. The van der Waals surface area contributed by atoms with Gasteiger partial charge in [-0.15, -0.1) is 0 Å². The predicted octanol–water partition coefficient (Wildman–Crippen LogP) is 2.35. The topological polar surface area (TPSA) is 59.2 Å². The Balaban J connectivity index is 1.74. The molecule has 2 aromatic heterocycles. The third kappa shape index (κ3) is 3.67. The van der Waals surface area contributed by atoms with Gasteiger partial charge in [-0.05, 0) is 46.2 Å². The van der Waals surface area contributed by atoms with Gasteiger partial charge in [-0.25, -0.2) is 9.97 Å². The van der Waals surface area contributed by atoms with Gasteiger partial charge in [-0.1, -0.05) is 0 Å². The molecule has 1 amide bonds. The average molecular weight is 358 g/mol. The molecule has 1 fully saturated rings. The molecule has 0 N–H and O–H groups in total. The van der Waals surface area contributed by atoms with Crippen molar-refractivity contribution in [1.82, 2.24) is 28.9 Å². The number of aryl methyl sites for hydroxylation is 1. The number of carbonyl (C=O) groups is 1. The van der Waals surface area contributed by atoms with Crippen molar-refractivity contribution in [1.29, 1.82) is 0 Å². The van der Waals surface area contributed by atoms with E-state index in [0.29, 0.717) is 24.2 Å². The Morgan fingerprint density at radius 3 is 2.73 bits per heavy atom. The minimum Gasteiger partial charge on any atom is -0.340 e. The molecule has 0 radical (unpaired) electrons. The quantitative estimate of drug-likeness (QED) is 0.823. The molecule has 7 heteroatoms. The van der Waals surface area contributed by atoms with Crippen molar-refractivity contribution < 1.29 is 4.79 Å². The number of hydrogen-bond donors (Lipinski definition) is 0. The lowest BCUT2D eigenvalue weighted by Gasteiger charge is -2.40. The van der Waals surface area contributed by atoms with Gasteiger partial charge >= 0.3 is 0 Å². The number of imidazole rings is 2. The first kappa shape index (κ1) is 18.6. The van der Waals surface area contributed by atoms with E-state index in [4.69, 9.17) is 0 Å². The molecule has 7 nitrogen and oxygen atoms in total. The Morgan fingerprint density at radius 1 is 1.35 bits per heavy atom. The van der Waals surface area contributed by atoms with Crippen molar-refractivity contribution in [3.63, 3.8) is 0 Å². The summed E-state index contributed by atoms with van der Waals surface area (Å²) in [6.07, 6.45) is 9.64. The molecule has 0 aliphatic carbocycles. The lowest BCUT2D eigenvalue weighted by molar-refractivity contribution is 0.0628. The fourth-order valence-corrected chi connectivity index (χ4v) is 3.93. The molecule has 1 saturated heterocycles. The van der Waals surface area contributed by atoms with E-state index in [-0.39, 0.29) is 11.9 Å². The highest BCUT2D eigenvalue weighted by Crippen LogP contribution is 2.35. The normalized spacial score (nSPS) is 21.3. The second-order valence-corrected chi connectivity index (χ2v) is 7.74. The zero-order chi connectivity index (χ0) is 18.8. The number of amides is 1. The van der Waals surface area contributed by atoms with Gasteiger partial charge in [0.1, 0.15) is 5.69 Å². The molecule has 3 rings (SSSR count). The second kappa shape index (κ2) is 7.61. The van der Waals surface area contributed by atoms with Gasteiger partial charge in [-0.3, -0.25) is 9.69 Å². The van der Waals surface area contributed by atoms with Crippen molar-refractivity contribution in [3.05, 3.63) is 36.4 Å². The van der Waals surface area contributed by atoms with Crippen LogP contribution in [0.2, 0.25) is 0 Å². The summed E-state index contributed by atoms with van der Waals surface area (Å²) < 4.78 is 4.06. The number of likely N-dealkylation sites (tertiary alicyclic amines) is 1. The number of aromatic nitrogens is 4. The van der Waals surface area contributed by atoms with Crippen LogP contribution in [0.5, 0.6) is 0 Å². The summed E-state index contributed by atoms with van der Waals surface area (Å²) in [5, 5.41) is 0. The summed E-state index contributed by atoms with van der Waals surface area (Å²) in [7, 11) is 6.08. The van der Waals surface area contributed by atoms with E-state index in [1.807, 2.05) is 42.3 Å². The zero-order valence-electron chi connectivity index (χ0n) is 16.5. The SMILES string of the molecule is CC(C)n1cnc(C(=O)N(C)C[C@@H]2CCCN(C)[C@H]2c2cncn2C)c1. The van der Waals surface area contributed by atoms with E-state index in [2.05, 4.69) is 40.3 Å². The zero-order valence-corrected chi connectivity index (χ0v) is 16.5. The van der Waals surface area contributed by atoms with Crippen LogP contribution in [0.3, 0.4) is 0 Å². The van der Waals surface area contributed by atoms with Crippen LogP contribution in [-0.4, -0.2) is 62.0 Å².